The fourth-order valence-electron chi connectivity index (χ4n) is 8.01. The second-order valence-corrected chi connectivity index (χ2v) is 8.85. The van der Waals surface area contributed by atoms with Crippen LogP contribution in [-0.4, -0.2) is 41.3 Å². The van der Waals surface area contributed by atoms with E-state index < -0.39 is 0 Å². The van der Waals surface area contributed by atoms with Crippen molar-refractivity contribution in [1.29, 1.82) is 0 Å². The molecule has 122 valence electrons. The second-order valence-electron chi connectivity index (χ2n) is 8.85. The first kappa shape index (κ1) is 13.3. The lowest BCUT2D eigenvalue weighted by Gasteiger charge is -2.69. The number of fused-ring (bicyclic) bond motifs is 3. The second kappa shape index (κ2) is 3.94. The molecule has 2 saturated heterocycles. The maximum absolute atomic E-state index is 10.3. The molecular formula is C20H26N2O. The van der Waals surface area contributed by atoms with Crippen LogP contribution in [0.4, 0.5) is 5.69 Å². The Bertz CT molecular complexity index is 690. The first-order chi connectivity index (χ1) is 11.3. The highest BCUT2D eigenvalue weighted by Gasteiger charge is 2.77. The molecule has 5 atom stereocenters. The number of rotatable bonds is 1. The van der Waals surface area contributed by atoms with Gasteiger partial charge in [0.05, 0.1) is 5.54 Å². The van der Waals surface area contributed by atoms with Crippen molar-refractivity contribution < 1.29 is 5.11 Å². The molecule has 1 aromatic rings. The monoisotopic (exact) mass is 310 g/mol. The Morgan fingerprint density at radius 1 is 1.13 bits per heavy atom. The Kier molecular flexibility index (Phi) is 2.27. The summed E-state index contributed by atoms with van der Waals surface area (Å²) in [5.41, 5.74) is 3.73. The van der Waals surface area contributed by atoms with Crippen LogP contribution in [0.25, 0.3) is 0 Å². The van der Waals surface area contributed by atoms with Gasteiger partial charge in [-0.05, 0) is 68.7 Å². The summed E-state index contributed by atoms with van der Waals surface area (Å²) >= 11 is 0. The topological polar surface area (TPSA) is 35.5 Å². The Balaban J connectivity index is 1.67. The van der Waals surface area contributed by atoms with Crippen LogP contribution in [0.2, 0.25) is 0 Å². The summed E-state index contributed by atoms with van der Waals surface area (Å²) in [6.07, 6.45) is 7.84. The lowest BCUT2D eigenvalue weighted by Crippen LogP contribution is -2.76. The number of aliphatic hydroxyl groups excluding tert-OH is 1. The van der Waals surface area contributed by atoms with E-state index in [-0.39, 0.29) is 11.0 Å². The fourth-order valence-corrected chi connectivity index (χ4v) is 8.01. The van der Waals surface area contributed by atoms with Crippen LogP contribution < -0.4 is 5.32 Å². The summed E-state index contributed by atoms with van der Waals surface area (Å²) < 4.78 is 0. The van der Waals surface area contributed by atoms with E-state index in [2.05, 4.69) is 34.5 Å². The van der Waals surface area contributed by atoms with Crippen LogP contribution in [-0.2, 0) is 5.41 Å². The third-order valence-corrected chi connectivity index (χ3v) is 8.47. The van der Waals surface area contributed by atoms with Crippen LogP contribution in [0.15, 0.2) is 24.3 Å². The van der Waals surface area contributed by atoms with Gasteiger partial charge in [-0.15, -0.1) is 0 Å². The smallest absolute Gasteiger partial charge is 0.0537 e. The largest absolute Gasteiger partial charge is 0.396 e. The Morgan fingerprint density at radius 3 is 2.96 bits per heavy atom. The van der Waals surface area contributed by atoms with E-state index in [1.54, 1.807) is 5.56 Å². The molecule has 2 N–H and O–H groups in total. The van der Waals surface area contributed by atoms with Crippen LogP contribution in [0.1, 0.15) is 44.1 Å². The molecule has 7 rings (SSSR count). The molecule has 5 fully saturated rings. The van der Waals surface area contributed by atoms with Gasteiger partial charge in [0.15, 0.2) is 0 Å². The molecule has 3 aliphatic heterocycles. The number of anilines is 1. The third kappa shape index (κ3) is 1.21. The van der Waals surface area contributed by atoms with Crippen molar-refractivity contribution in [3.8, 4) is 0 Å². The van der Waals surface area contributed by atoms with E-state index in [1.165, 1.54) is 57.3 Å². The molecule has 0 radical (unpaired) electrons. The highest BCUT2D eigenvalue weighted by atomic mass is 16.3. The van der Waals surface area contributed by atoms with E-state index in [0.29, 0.717) is 24.0 Å². The Labute approximate surface area is 138 Å². The molecule has 0 amide bonds. The zero-order chi connectivity index (χ0) is 15.3. The molecule has 3 saturated carbocycles. The fraction of sp³-hybridized carbons (Fsp3) is 0.700. The first-order valence-electron chi connectivity index (χ1n) is 9.48. The number of hydrogen-bond acceptors (Lipinski definition) is 3. The molecule has 2 bridgehead atoms. The molecule has 3 aliphatic carbocycles. The number of nitrogens with one attached hydrogen (secondary N) is 1. The highest BCUT2D eigenvalue weighted by Crippen LogP contribution is 2.73. The van der Waals surface area contributed by atoms with Gasteiger partial charge in [0, 0.05) is 29.7 Å². The summed E-state index contributed by atoms with van der Waals surface area (Å²) in [6.45, 7) is 2.88. The van der Waals surface area contributed by atoms with Crippen molar-refractivity contribution in [3.63, 3.8) is 0 Å². The summed E-state index contributed by atoms with van der Waals surface area (Å²) in [4.78, 5) is 2.83. The van der Waals surface area contributed by atoms with Crippen LogP contribution in [0, 0.1) is 11.3 Å². The lowest BCUT2D eigenvalue weighted by atomic mass is 9.39. The van der Waals surface area contributed by atoms with Crippen molar-refractivity contribution in [2.45, 2.75) is 55.5 Å². The van der Waals surface area contributed by atoms with E-state index >= 15 is 0 Å². The van der Waals surface area contributed by atoms with Gasteiger partial charge in [-0.3, -0.25) is 4.90 Å². The number of para-hydroxylation sites is 1. The van der Waals surface area contributed by atoms with Crippen molar-refractivity contribution in [2.24, 2.45) is 11.3 Å². The van der Waals surface area contributed by atoms with Gasteiger partial charge in [-0.25, -0.2) is 0 Å². The predicted octanol–water partition coefficient (Wildman–Crippen LogP) is 2.75. The lowest BCUT2D eigenvalue weighted by molar-refractivity contribution is -0.137. The maximum Gasteiger partial charge on any atom is 0.0537 e. The summed E-state index contributed by atoms with van der Waals surface area (Å²) in [5, 5.41) is 14.3. The molecule has 3 heteroatoms. The zero-order valence-corrected chi connectivity index (χ0v) is 13.7. The molecule has 6 aliphatic rings. The van der Waals surface area contributed by atoms with E-state index in [1.807, 2.05) is 0 Å². The quantitative estimate of drug-likeness (QED) is 0.837. The average molecular weight is 310 g/mol. The van der Waals surface area contributed by atoms with Gasteiger partial charge < -0.3 is 10.4 Å². The minimum atomic E-state index is 0.101. The summed E-state index contributed by atoms with van der Waals surface area (Å²) in [5.74, 6) is 0.415. The molecule has 23 heavy (non-hydrogen) atoms. The predicted molar refractivity (Wildman–Crippen MR) is 90.5 cm³/mol. The zero-order valence-electron chi connectivity index (χ0n) is 13.7. The number of hydrogen-bond donors (Lipinski definition) is 2. The number of aliphatic hydroxyl groups is 1. The molecule has 3 heterocycles. The maximum atomic E-state index is 10.3. The molecule has 3 spiro atoms. The highest BCUT2D eigenvalue weighted by molar-refractivity contribution is 5.68. The van der Waals surface area contributed by atoms with E-state index in [4.69, 9.17) is 0 Å². The van der Waals surface area contributed by atoms with E-state index in [9.17, 15) is 5.11 Å². The normalized spacial score (nSPS) is 49.4. The van der Waals surface area contributed by atoms with Gasteiger partial charge in [-0.1, -0.05) is 18.2 Å². The van der Waals surface area contributed by atoms with Crippen LogP contribution in [0.5, 0.6) is 0 Å². The van der Waals surface area contributed by atoms with Gasteiger partial charge in [0.1, 0.15) is 0 Å². The number of nitrogens with zero attached hydrogens (tertiary/aromatic N) is 1. The van der Waals surface area contributed by atoms with Crippen molar-refractivity contribution in [3.05, 3.63) is 29.8 Å². The molecule has 2 unspecified atom stereocenters. The van der Waals surface area contributed by atoms with Crippen LogP contribution >= 0.6 is 0 Å². The van der Waals surface area contributed by atoms with E-state index in [0.717, 1.165) is 0 Å². The van der Waals surface area contributed by atoms with Gasteiger partial charge in [0.25, 0.3) is 0 Å². The standard InChI is InChI=1S/C20H26N2O/c23-13-14-12-18-6-3-10-22-11-9-19(17(18)22)15-4-1-2-5-16(15)21-20(14,19)8-7-18/h1-2,4-5,14,17,21,23H,3,6-13H2/t14-,17-,18?,19+,20?/m0/s1. The molecule has 3 nitrogen and oxygen atoms in total. The average Bonchev–Trinajstić information content (AvgIpc) is 3.13. The Morgan fingerprint density at radius 2 is 2.04 bits per heavy atom. The Hall–Kier alpha value is -1.06. The minimum Gasteiger partial charge on any atom is -0.396 e. The SMILES string of the molecule is OC[C@@H]1CC23CCCN4CC[C@@]5(c6ccccc6NC15CC2)[C@@H]43. The summed E-state index contributed by atoms with van der Waals surface area (Å²) in [7, 11) is 0. The van der Waals surface area contributed by atoms with Crippen molar-refractivity contribution in [1.82, 2.24) is 4.90 Å². The first-order valence-corrected chi connectivity index (χ1v) is 9.48. The van der Waals surface area contributed by atoms with Gasteiger partial charge in [-0.2, -0.15) is 0 Å². The van der Waals surface area contributed by atoms with Crippen LogP contribution in [0.3, 0.4) is 0 Å². The van der Waals surface area contributed by atoms with Crippen molar-refractivity contribution >= 4 is 5.69 Å². The van der Waals surface area contributed by atoms with Gasteiger partial charge >= 0.3 is 0 Å². The molecular weight excluding hydrogens is 284 g/mol. The molecule has 0 aromatic heterocycles. The third-order valence-electron chi connectivity index (χ3n) is 8.47. The minimum absolute atomic E-state index is 0.101. The number of piperidine rings is 1. The number of benzene rings is 1. The molecule has 1 aromatic carbocycles. The summed E-state index contributed by atoms with van der Waals surface area (Å²) in [6, 6.07) is 9.76. The van der Waals surface area contributed by atoms with Crippen molar-refractivity contribution in [2.75, 3.05) is 25.0 Å². The van der Waals surface area contributed by atoms with Gasteiger partial charge in [0.2, 0.25) is 0 Å².